The number of nitrogens with one attached hydrogen (secondary N) is 1. The summed E-state index contributed by atoms with van der Waals surface area (Å²) in [6, 6.07) is 0.529. The molecule has 1 aromatic heterocycles. The van der Waals surface area contributed by atoms with E-state index in [1.165, 1.54) is 25.7 Å². The van der Waals surface area contributed by atoms with Crippen LogP contribution in [0.15, 0.2) is 0 Å². The van der Waals surface area contributed by atoms with E-state index in [0.29, 0.717) is 17.9 Å². The lowest BCUT2D eigenvalue weighted by atomic mass is 10.1. The third-order valence-corrected chi connectivity index (χ3v) is 3.60. The number of hydrogen-bond acceptors (Lipinski definition) is 6. The van der Waals surface area contributed by atoms with E-state index in [4.69, 9.17) is 5.73 Å². The summed E-state index contributed by atoms with van der Waals surface area (Å²) < 4.78 is 0. The molecule has 0 bridgehead atoms. The minimum atomic E-state index is 0.279. The molecule has 18 heavy (non-hydrogen) atoms. The van der Waals surface area contributed by atoms with Crippen molar-refractivity contribution in [2.75, 3.05) is 30.0 Å². The maximum atomic E-state index is 5.73. The van der Waals surface area contributed by atoms with Crippen molar-refractivity contribution in [1.82, 2.24) is 15.0 Å². The molecule has 2 saturated carbocycles. The molecule has 1 aromatic rings. The predicted octanol–water partition coefficient (Wildman–Crippen LogP) is 1.12. The molecule has 3 N–H and O–H groups in total. The zero-order valence-electron chi connectivity index (χ0n) is 10.9. The molecule has 0 saturated heterocycles. The van der Waals surface area contributed by atoms with Gasteiger partial charge in [0.1, 0.15) is 0 Å². The summed E-state index contributed by atoms with van der Waals surface area (Å²) in [5, 5.41) is 3.47. The first-order valence-electron chi connectivity index (χ1n) is 6.59. The zero-order valence-corrected chi connectivity index (χ0v) is 10.9. The maximum absolute atomic E-state index is 5.73. The van der Waals surface area contributed by atoms with Gasteiger partial charge in [-0.25, -0.2) is 0 Å². The van der Waals surface area contributed by atoms with Gasteiger partial charge in [-0.15, -0.1) is 0 Å². The van der Waals surface area contributed by atoms with Crippen LogP contribution in [0.5, 0.6) is 0 Å². The smallest absolute Gasteiger partial charge is 0.231 e. The van der Waals surface area contributed by atoms with Crippen LogP contribution in [0.25, 0.3) is 0 Å². The van der Waals surface area contributed by atoms with E-state index < -0.39 is 0 Å². The van der Waals surface area contributed by atoms with Gasteiger partial charge in [0.25, 0.3) is 0 Å². The van der Waals surface area contributed by atoms with Gasteiger partial charge in [-0.1, -0.05) is 0 Å². The number of rotatable bonds is 5. The molecule has 0 aromatic carbocycles. The van der Waals surface area contributed by atoms with Crippen molar-refractivity contribution in [3.63, 3.8) is 0 Å². The third kappa shape index (κ3) is 2.47. The number of aromatic nitrogens is 3. The monoisotopic (exact) mass is 248 g/mol. The number of nitrogen functional groups attached to an aromatic ring is 1. The molecule has 3 rings (SSSR count). The highest BCUT2D eigenvalue weighted by Crippen LogP contribution is 2.45. The number of anilines is 3. The highest BCUT2D eigenvalue weighted by atomic mass is 15.3. The Kier molecular flexibility index (Phi) is 2.72. The standard InChI is InChI=1S/C12H20N6/c1-18(2)12-16-10(13)15-11(17-12)14-9(7-3-4-7)8-5-6-8/h7-9H,3-6H2,1-2H3,(H3,13,14,15,16,17). The zero-order chi connectivity index (χ0) is 12.7. The van der Waals surface area contributed by atoms with Crippen LogP contribution in [-0.2, 0) is 0 Å². The fraction of sp³-hybridized carbons (Fsp3) is 0.750. The SMILES string of the molecule is CN(C)c1nc(N)nc(NC(C2CC2)C2CC2)n1. The lowest BCUT2D eigenvalue weighted by Gasteiger charge is -2.18. The van der Waals surface area contributed by atoms with Gasteiger partial charge in [-0.05, 0) is 37.5 Å². The van der Waals surface area contributed by atoms with Crippen LogP contribution in [-0.4, -0.2) is 35.1 Å². The third-order valence-electron chi connectivity index (χ3n) is 3.60. The van der Waals surface area contributed by atoms with Crippen LogP contribution in [0.2, 0.25) is 0 Å². The minimum absolute atomic E-state index is 0.279. The van der Waals surface area contributed by atoms with Crippen LogP contribution in [0, 0.1) is 11.8 Å². The fourth-order valence-electron chi connectivity index (χ4n) is 2.33. The molecule has 2 aliphatic rings. The highest BCUT2D eigenvalue weighted by molar-refractivity contribution is 5.41. The summed E-state index contributed by atoms with van der Waals surface area (Å²) in [5.74, 6) is 3.11. The summed E-state index contributed by atoms with van der Waals surface area (Å²) in [4.78, 5) is 14.5. The van der Waals surface area contributed by atoms with Crippen molar-refractivity contribution in [2.45, 2.75) is 31.7 Å². The quantitative estimate of drug-likeness (QED) is 0.813. The Bertz CT molecular complexity index is 426. The van der Waals surface area contributed by atoms with E-state index in [2.05, 4.69) is 20.3 Å². The van der Waals surface area contributed by atoms with E-state index in [1.807, 2.05) is 19.0 Å². The molecule has 0 spiro atoms. The summed E-state index contributed by atoms with van der Waals surface area (Å²) in [5.41, 5.74) is 5.73. The van der Waals surface area contributed by atoms with Gasteiger partial charge in [-0.2, -0.15) is 15.0 Å². The van der Waals surface area contributed by atoms with Crippen molar-refractivity contribution in [3.8, 4) is 0 Å². The Morgan fingerprint density at radius 3 is 2.22 bits per heavy atom. The van der Waals surface area contributed by atoms with E-state index in [-0.39, 0.29) is 5.95 Å². The Hall–Kier alpha value is -1.59. The molecular weight excluding hydrogens is 228 g/mol. The van der Waals surface area contributed by atoms with Crippen molar-refractivity contribution in [1.29, 1.82) is 0 Å². The Morgan fingerprint density at radius 2 is 1.72 bits per heavy atom. The summed E-state index contributed by atoms with van der Waals surface area (Å²) in [6.07, 6.45) is 5.31. The molecule has 0 unspecified atom stereocenters. The summed E-state index contributed by atoms with van der Waals surface area (Å²) >= 11 is 0. The van der Waals surface area contributed by atoms with E-state index in [0.717, 1.165) is 11.8 Å². The van der Waals surface area contributed by atoms with Crippen LogP contribution in [0.4, 0.5) is 17.8 Å². The van der Waals surface area contributed by atoms with Crippen molar-refractivity contribution in [3.05, 3.63) is 0 Å². The molecule has 0 radical (unpaired) electrons. The lowest BCUT2D eigenvalue weighted by molar-refractivity contribution is 0.563. The predicted molar refractivity (Wildman–Crippen MR) is 71.4 cm³/mol. The lowest BCUT2D eigenvalue weighted by Crippen LogP contribution is -2.26. The number of nitrogens with zero attached hydrogens (tertiary/aromatic N) is 4. The fourth-order valence-corrected chi connectivity index (χ4v) is 2.33. The van der Waals surface area contributed by atoms with Crippen LogP contribution >= 0.6 is 0 Å². The topological polar surface area (TPSA) is 80.0 Å². The Morgan fingerprint density at radius 1 is 1.11 bits per heavy atom. The van der Waals surface area contributed by atoms with Crippen molar-refractivity contribution >= 4 is 17.8 Å². The average molecular weight is 248 g/mol. The van der Waals surface area contributed by atoms with E-state index in [9.17, 15) is 0 Å². The van der Waals surface area contributed by atoms with E-state index >= 15 is 0 Å². The van der Waals surface area contributed by atoms with Gasteiger partial charge < -0.3 is 16.0 Å². The average Bonchev–Trinajstić information content (AvgIpc) is 3.16. The van der Waals surface area contributed by atoms with Gasteiger partial charge >= 0.3 is 0 Å². The molecule has 6 nitrogen and oxygen atoms in total. The minimum Gasteiger partial charge on any atom is -0.368 e. The largest absolute Gasteiger partial charge is 0.368 e. The molecule has 98 valence electrons. The second-order valence-electron chi connectivity index (χ2n) is 5.56. The second-order valence-corrected chi connectivity index (χ2v) is 5.56. The van der Waals surface area contributed by atoms with Gasteiger partial charge in [0.05, 0.1) is 0 Å². The molecule has 0 amide bonds. The summed E-state index contributed by atoms with van der Waals surface area (Å²) in [6.45, 7) is 0. The summed E-state index contributed by atoms with van der Waals surface area (Å²) in [7, 11) is 3.80. The maximum Gasteiger partial charge on any atom is 0.231 e. The molecule has 0 atom stereocenters. The number of hydrogen-bond donors (Lipinski definition) is 2. The van der Waals surface area contributed by atoms with Gasteiger partial charge in [-0.3, -0.25) is 0 Å². The highest BCUT2D eigenvalue weighted by Gasteiger charge is 2.41. The second kappa shape index (κ2) is 4.26. The molecule has 6 heteroatoms. The van der Waals surface area contributed by atoms with Gasteiger partial charge in [0, 0.05) is 20.1 Å². The molecule has 0 aliphatic heterocycles. The van der Waals surface area contributed by atoms with Crippen molar-refractivity contribution in [2.24, 2.45) is 11.8 Å². The van der Waals surface area contributed by atoms with Crippen LogP contribution < -0.4 is 16.0 Å². The van der Waals surface area contributed by atoms with Crippen LogP contribution in [0.3, 0.4) is 0 Å². The van der Waals surface area contributed by atoms with Gasteiger partial charge in [0.2, 0.25) is 17.8 Å². The van der Waals surface area contributed by atoms with E-state index in [1.54, 1.807) is 0 Å². The van der Waals surface area contributed by atoms with Crippen LogP contribution in [0.1, 0.15) is 25.7 Å². The first-order chi connectivity index (χ1) is 8.63. The first kappa shape index (κ1) is 11.5. The Labute approximate surface area is 107 Å². The first-order valence-corrected chi connectivity index (χ1v) is 6.59. The Balaban J connectivity index is 1.78. The normalized spacial score (nSPS) is 19.1. The molecular formula is C12H20N6. The molecule has 2 fully saturated rings. The number of nitrogens with two attached hydrogens (primary N) is 1. The molecule has 1 heterocycles. The van der Waals surface area contributed by atoms with Crippen molar-refractivity contribution < 1.29 is 0 Å². The molecule has 2 aliphatic carbocycles. The van der Waals surface area contributed by atoms with Gasteiger partial charge in [0.15, 0.2) is 0 Å².